The van der Waals surface area contributed by atoms with Gasteiger partial charge in [-0.1, -0.05) is 36.4 Å². The average molecular weight is 448 g/mol. The summed E-state index contributed by atoms with van der Waals surface area (Å²) < 4.78 is 45.9. The Bertz CT molecular complexity index is 988. The lowest BCUT2D eigenvalue weighted by Gasteiger charge is -2.26. The number of halogens is 3. The highest BCUT2D eigenvalue weighted by Crippen LogP contribution is 2.38. The third-order valence-corrected chi connectivity index (χ3v) is 5.06. The third kappa shape index (κ3) is 6.30. The van der Waals surface area contributed by atoms with Crippen molar-refractivity contribution in [2.75, 3.05) is 13.1 Å². The molecule has 1 heterocycles. The topological polar surface area (TPSA) is 106 Å². The first-order valence-corrected chi connectivity index (χ1v) is 10.0. The standard InChI is InChI=1S/C22H23F3N4O3/c23-22(24,25)18-12-16(6-7-17(18)15-8-10-27-11-9-15)19(30)28-20(26)29-21(31)32-13-14-4-2-1-3-5-14/h1-7,12,15,27H,8-11,13H2,(H3,26,28,29,30,31). The highest BCUT2D eigenvalue weighted by Gasteiger charge is 2.36. The third-order valence-electron chi connectivity index (χ3n) is 5.06. The molecule has 170 valence electrons. The highest BCUT2D eigenvalue weighted by atomic mass is 19.4. The van der Waals surface area contributed by atoms with Gasteiger partial charge in [-0.15, -0.1) is 4.99 Å². The molecule has 2 aromatic rings. The lowest BCUT2D eigenvalue weighted by atomic mass is 9.86. The average Bonchev–Trinajstić information content (AvgIpc) is 2.78. The molecule has 7 nitrogen and oxygen atoms in total. The molecule has 2 aromatic carbocycles. The molecule has 1 fully saturated rings. The van der Waals surface area contributed by atoms with Gasteiger partial charge in [0.1, 0.15) is 6.61 Å². The molecule has 3 rings (SSSR count). The molecule has 1 aliphatic rings. The summed E-state index contributed by atoms with van der Waals surface area (Å²) in [6.07, 6.45) is -4.49. The second-order valence-corrected chi connectivity index (χ2v) is 7.32. The second kappa shape index (κ2) is 10.3. The zero-order chi connectivity index (χ0) is 23.1. The fourth-order valence-corrected chi connectivity index (χ4v) is 3.50. The van der Waals surface area contributed by atoms with Gasteiger partial charge in [0.05, 0.1) is 5.56 Å². The number of hydrogen-bond donors (Lipinski definition) is 3. The number of carbonyl (C=O) groups is 2. The quantitative estimate of drug-likeness (QED) is 0.490. The fourth-order valence-electron chi connectivity index (χ4n) is 3.50. The molecule has 1 aliphatic heterocycles. The van der Waals surface area contributed by atoms with E-state index < -0.39 is 29.7 Å². The lowest BCUT2D eigenvalue weighted by molar-refractivity contribution is -0.138. The van der Waals surface area contributed by atoms with Crippen LogP contribution in [0.4, 0.5) is 18.0 Å². The van der Waals surface area contributed by atoms with Gasteiger partial charge in [-0.2, -0.15) is 13.2 Å². The minimum atomic E-state index is -4.61. The Hall–Kier alpha value is -3.40. The molecule has 0 unspecified atom stereocenters. The molecule has 0 atom stereocenters. The van der Waals surface area contributed by atoms with Crippen molar-refractivity contribution in [3.05, 3.63) is 70.8 Å². The molecule has 10 heteroatoms. The summed E-state index contributed by atoms with van der Waals surface area (Å²) in [7, 11) is 0. The predicted octanol–water partition coefficient (Wildman–Crippen LogP) is 3.55. The van der Waals surface area contributed by atoms with Gasteiger partial charge in [-0.05, 0) is 55.1 Å². The van der Waals surface area contributed by atoms with Crippen LogP contribution in [0.25, 0.3) is 0 Å². The molecule has 1 saturated heterocycles. The second-order valence-electron chi connectivity index (χ2n) is 7.32. The van der Waals surface area contributed by atoms with Crippen molar-refractivity contribution in [3.8, 4) is 0 Å². The van der Waals surface area contributed by atoms with E-state index in [0.717, 1.165) is 11.6 Å². The van der Waals surface area contributed by atoms with E-state index in [2.05, 4.69) is 15.6 Å². The van der Waals surface area contributed by atoms with Gasteiger partial charge in [0.15, 0.2) is 0 Å². The predicted molar refractivity (Wildman–Crippen MR) is 112 cm³/mol. The number of ether oxygens (including phenoxy) is 1. The Balaban J connectivity index is 1.68. The fraction of sp³-hybridized carbons (Fsp3) is 0.318. The number of benzene rings is 2. The largest absolute Gasteiger partial charge is 0.443 e. The molecule has 4 N–H and O–H groups in total. The van der Waals surface area contributed by atoms with Crippen molar-refractivity contribution < 1.29 is 27.5 Å². The van der Waals surface area contributed by atoms with Crippen LogP contribution in [0.5, 0.6) is 0 Å². The molecule has 0 aliphatic carbocycles. The van der Waals surface area contributed by atoms with Crippen molar-refractivity contribution in [1.29, 1.82) is 0 Å². The Morgan fingerprint density at radius 3 is 2.47 bits per heavy atom. The van der Waals surface area contributed by atoms with Gasteiger partial charge in [0, 0.05) is 5.56 Å². The molecule has 2 amide bonds. The van der Waals surface area contributed by atoms with E-state index in [1.54, 1.807) is 30.3 Å². The van der Waals surface area contributed by atoms with Crippen LogP contribution >= 0.6 is 0 Å². The summed E-state index contributed by atoms with van der Waals surface area (Å²) in [6, 6.07) is 12.3. The van der Waals surface area contributed by atoms with Gasteiger partial charge < -0.3 is 15.8 Å². The Morgan fingerprint density at radius 1 is 1.12 bits per heavy atom. The van der Waals surface area contributed by atoms with E-state index in [1.807, 2.05) is 0 Å². The molecule has 32 heavy (non-hydrogen) atoms. The summed E-state index contributed by atoms with van der Waals surface area (Å²) in [5.41, 5.74) is 5.34. The first-order valence-electron chi connectivity index (χ1n) is 10.0. The number of guanidine groups is 1. The van der Waals surface area contributed by atoms with Crippen LogP contribution in [0.1, 0.15) is 45.8 Å². The molecular formula is C22H23F3N4O3. The number of nitrogens with two attached hydrogens (primary N) is 1. The number of nitrogens with zero attached hydrogens (tertiary/aromatic N) is 1. The van der Waals surface area contributed by atoms with Crippen LogP contribution in [0.3, 0.4) is 0 Å². The van der Waals surface area contributed by atoms with Crippen molar-refractivity contribution in [3.63, 3.8) is 0 Å². The van der Waals surface area contributed by atoms with E-state index in [9.17, 15) is 22.8 Å². The molecule has 0 aromatic heterocycles. The SMILES string of the molecule is N/C(=N/C(=O)OCc1ccccc1)NC(=O)c1ccc(C2CCNCC2)c(C(F)(F)F)c1. The Morgan fingerprint density at radius 2 is 1.81 bits per heavy atom. The van der Waals surface area contributed by atoms with E-state index in [-0.39, 0.29) is 23.7 Å². The van der Waals surface area contributed by atoms with Crippen molar-refractivity contribution in [2.45, 2.75) is 31.5 Å². The van der Waals surface area contributed by atoms with Gasteiger partial charge in [0.2, 0.25) is 5.96 Å². The molecule has 0 saturated carbocycles. The summed E-state index contributed by atoms with van der Waals surface area (Å²) in [4.78, 5) is 27.5. The Labute approximate surface area is 182 Å². The minimum Gasteiger partial charge on any atom is -0.443 e. The van der Waals surface area contributed by atoms with Crippen LogP contribution in [-0.2, 0) is 17.5 Å². The zero-order valence-electron chi connectivity index (χ0n) is 17.1. The minimum absolute atomic E-state index is 0.0442. The lowest BCUT2D eigenvalue weighted by Crippen LogP contribution is -2.37. The highest BCUT2D eigenvalue weighted by molar-refractivity contribution is 6.07. The Kier molecular flexibility index (Phi) is 7.47. The maximum atomic E-state index is 13.6. The number of alkyl halides is 3. The molecule has 0 bridgehead atoms. The van der Waals surface area contributed by atoms with Gasteiger partial charge in [-0.3, -0.25) is 10.1 Å². The maximum Gasteiger partial charge on any atom is 0.437 e. The summed E-state index contributed by atoms with van der Waals surface area (Å²) in [5, 5.41) is 5.23. The van der Waals surface area contributed by atoms with E-state index in [0.29, 0.717) is 25.9 Å². The maximum absolute atomic E-state index is 13.6. The molecular weight excluding hydrogens is 425 g/mol. The number of hydrogen-bond acceptors (Lipinski definition) is 4. The molecule has 0 spiro atoms. The summed E-state index contributed by atoms with van der Waals surface area (Å²) in [5.74, 6) is -1.73. The van der Waals surface area contributed by atoms with Crippen molar-refractivity contribution >= 4 is 18.0 Å². The zero-order valence-corrected chi connectivity index (χ0v) is 17.1. The van der Waals surface area contributed by atoms with Crippen LogP contribution < -0.4 is 16.4 Å². The number of rotatable bonds is 4. The van der Waals surface area contributed by atoms with Crippen molar-refractivity contribution in [1.82, 2.24) is 10.6 Å². The monoisotopic (exact) mass is 448 g/mol. The van der Waals surface area contributed by atoms with Crippen LogP contribution in [0, 0.1) is 0 Å². The summed E-state index contributed by atoms with van der Waals surface area (Å²) >= 11 is 0. The number of nitrogens with one attached hydrogen (secondary N) is 2. The van der Waals surface area contributed by atoms with Gasteiger partial charge >= 0.3 is 12.3 Å². The normalized spacial score (nSPS) is 15.3. The first kappa shape index (κ1) is 23.3. The van der Waals surface area contributed by atoms with Gasteiger partial charge in [0.25, 0.3) is 5.91 Å². The van der Waals surface area contributed by atoms with E-state index >= 15 is 0 Å². The summed E-state index contributed by atoms with van der Waals surface area (Å²) in [6.45, 7) is 1.23. The van der Waals surface area contributed by atoms with Crippen LogP contribution in [0.2, 0.25) is 0 Å². The van der Waals surface area contributed by atoms with E-state index in [4.69, 9.17) is 10.5 Å². The number of piperidine rings is 1. The van der Waals surface area contributed by atoms with Crippen LogP contribution in [-0.4, -0.2) is 31.0 Å². The smallest absolute Gasteiger partial charge is 0.437 e. The number of amides is 2. The van der Waals surface area contributed by atoms with E-state index in [1.165, 1.54) is 12.1 Å². The van der Waals surface area contributed by atoms with Crippen molar-refractivity contribution in [2.24, 2.45) is 10.7 Å². The number of aliphatic imine (C=N–C) groups is 1. The number of carbonyl (C=O) groups excluding carboxylic acids is 2. The van der Waals surface area contributed by atoms with Gasteiger partial charge in [-0.25, -0.2) is 4.79 Å². The van der Waals surface area contributed by atoms with Crippen LogP contribution in [0.15, 0.2) is 53.5 Å². The molecule has 0 radical (unpaired) electrons. The first-order chi connectivity index (χ1) is 15.2.